The zero-order valence-electron chi connectivity index (χ0n) is 18.5. The first-order valence-corrected chi connectivity index (χ1v) is 10.1. The summed E-state index contributed by atoms with van der Waals surface area (Å²) in [4.78, 5) is 35.8. The van der Waals surface area contributed by atoms with Gasteiger partial charge in [0.15, 0.2) is 6.61 Å². The molecular formula is C24H30N2O5. The highest BCUT2D eigenvalue weighted by molar-refractivity contribution is 5.96. The summed E-state index contributed by atoms with van der Waals surface area (Å²) in [5, 5.41) is 5.19. The SMILES string of the molecule is COc1ccccc1CCNC(=O)COC(=O)CNC(=O)c1ccc(C(C)(C)C)cc1. The molecule has 2 amide bonds. The molecular weight excluding hydrogens is 396 g/mol. The smallest absolute Gasteiger partial charge is 0.325 e. The average molecular weight is 427 g/mol. The molecule has 0 saturated heterocycles. The minimum absolute atomic E-state index is 0.00739. The largest absolute Gasteiger partial charge is 0.496 e. The molecule has 0 heterocycles. The topological polar surface area (TPSA) is 93.7 Å². The van der Waals surface area contributed by atoms with Crippen molar-refractivity contribution in [1.82, 2.24) is 10.6 Å². The number of rotatable bonds is 9. The van der Waals surface area contributed by atoms with Gasteiger partial charge in [0.25, 0.3) is 11.8 Å². The van der Waals surface area contributed by atoms with Crippen molar-refractivity contribution in [3.63, 3.8) is 0 Å². The van der Waals surface area contributed by atoms with Crippen LogP contribution in [0.3, 0.4) is 0 Å². The van der Waals surface area contributed by atoms with E-state index in [2.05, 4.69) is 31.4 Å². The van der Waals surface area contributed by atoms with Crippen LogP contribution in [0.5, 0.6) is 5.75 Å². The van der Waals surface area contributed by atoms with E-state index in [1.807, 2.05) is 36.4 Å². The Morgan fingerprint density at radius 2 is 1.61 bits per heavy atom. The van der Waals surface area contributed by atoms with Crippen LogP contribution < -0.4 is 15.4 Å². The van der Waals surface area contributed by atoms with Crippen LogP contribution in [0.15, 0.2) is 48.5 Å². The molecule has 0 aliphatic heterocycles. The van der Waals surface area contributed by atoms with E-state index in [-0.39, 0.29) is 17.9 Å². The second kappa shape index (κ2) is 11.2. The molecule has 31 heavy (non-hydrogen) atoms. The van der Waals surface area contributed by atoms with E-state index in [0.717, 1.165) is 16.9 Å². The lowest BCUT2D eigenvalue weighted by molar-refractivity contribution is -0.147. The number of nitrogens with one attached hydrogen (secondary N) is 2. The number of para-hydroxylation sites is 1. The van der Waals surface area contributed by atoms with E-state index in [0.29, 0.717) is 18.5 Å². The van der Waals surface area contributed by atoms with E-state index >= 15 is 0 Å². The third-order valence-corrected chi connectivity index (χ3v) is 4.68. The molecule has 7 heteroatoms. The predicted molar refractivity (Wildman–Crippen MR) is 118 cm³/mol. The van der Waals surface area contributed by atoms with E-state index in [4.69, 9.17) is 9.47 Å². The first kappa shape index (κ1) is 23.9. The summed E-state index contributed by atoms with van der Waals surface area (Å²) in [5.41, 5.74) is 2.53. The number of carbonyl (C=O) groups is 3. The molecule has 166 valence electrons. The van der Waals surface area contributed by atoms with E-state index in [1.54, 1.807) is 19.2 Å². The molecule has 0 bridgehead atoms. The molecule has 0 fully saturated rings. The van der Waals surface area contributed by atoms with Crippen molar-refractivity contribution in [2.45, 2.75) is 32.6 Å². The number of hydrogen-bond acceptors (Lipinski definition) is 5. The van der Waals surface area contributed by atoms with Crippen molar-refractivity contribution < 1.29 is 23.9 Å². The van der Waals surface area contributed by atoms with Crippen molar-refractivity contribution in [3.05, 3.63) is 65.2 Å². The fourth-order valence-corrected chi connectivity index (χ4v) is 2.87. The molecule has 0 aromatic heterocycles. The maximum atomic E-state index is 12.2. The first-order chi connectivity index (χ1) is 14.7. The average Bonchev–Trinajstić information content (AvgIpc) is 2.75. The fraction of sp³-hybridized carbons (Fsp3) is 0.375. The van der Waals surface area contributed by atoms with Gasteiger partial charge >= 0.3 is 5.97 Å². The standard InChI is InChI=1S/C24H30N2O5/c1-24(2,3)19-11-9-18(10-12-19)23(29)26-15-22(28)31-16-21(27)25-14-13-17-7-5-6-8-20(17)30-4/h5-12H,13-16H2,1-4H3,(H,25,27)(H,26,29). The molecule has 2 rings (SSSR count). The van der Waals surface area contributed by atoms with Crippen LogP contribution in [-0.2, 0) is 26.2 Å². The molecule has 0 saturated carbocycles. The molecule has 0 spiro atoms. The predicted octanol–water partition coefficient (Wildman–Crippen LogP) is 2.62. The van der Waals surface area contributed by atoms with Crippen molar-refractivity contribution in [1.29, 1.82) is 0 Å². The number of amides is 2. The Bertz CT molecular complexity index is 901. The van der Waals surface area contributed by atoms with Crippen LogP contribution in [0.4, 0.5) is 0 Å². The highest BCUT2D eigenvalue weighted by Crippen LogP contribution is 2.22. The summed E-state index contributed by atoms with van der Waals surface area (Å²) < 4.78 is 10.2. The van der Waals surface area contributed by atoms with Gasteiger partial charge in [0.1, 0.15) is 12.3 Å². The van der Waals surface area contributed by atoms with Crippen LogP contribution >= 0.6 is 0 Å². The van der Waals surface area contributed by atoms with Gasteiger partial charge in [0.05, 0.1) is 7.11 Å². The lowest BCUT2D eigenvalue weighted by Crippen LogP contribution is -2.34. The number of esters is 1. The number of carbonyl (C=O) groups excluding carboxylic acids is 3. The normalized spacial score (nSPS) is 10.8. The molecule has 0 atom stereocenters. The van der Waals surface area contributed by atoms with Gasteiger partial charge in [-0.3, -0.25) is 14.4 Å². The first-order valence-electron chi connectivity index (χ1n) is 10.1. The molecule has 2 N–H and O–H groups in total. The van der Waals surface area contributed by atoms with E-state index in [9.17, 15) is 14.4 Å². The zero-order valence-corrected chi connectivity index (χ0v) is 18.5. The van der Waals surface area contributed by atoms with Gasteiger partial charge in [-0.15, -0.1) is 0 Å². The van der Waals surface area contributed by atoms with Gasteiger partial charge in [-0.05, 0) is 41.2 Å². The van der Waals surface area contributed by atoms with E-state index < -0.39 is 18.5 Å². The van der Waals surface area contributed by atoms with Gasteiger partial charge in [-0.1, -0.05) is 51.1 Å². The van der Waals surface area contributed by atoms with Crippen LogP contribution in [0.2, 0.25) is 0 Å². The zero-order chi connectivity index (χ0) is 22.9. The number of methoxy groups -OCH3 is 1. The third kappa shape index (κ3) is 7.77. The van der Waals surface area contributed by atoms with Crippen LogP contribution in [0.25, 0.3) is 0 Å². The minimum atomic E-state index is -0.681. The van der Waals surface area contributed by atoms with Gasteiger partial charge in [-0.2, -0.15) is 0 Å². The molecule has 0 radical (unpaired) electrons. The molecule has 0 aliphatic carbocycles. The molecule has 2 aromatic carbocycles. The van der Waals surface area contributed by atoms with Gasteiger partial charge in [0, 0.05) is 12.1 Å². The number of ether oxygens (including phenoxy) is 2. The minimum Gasteiger partial charge on any atom is -0.496 e. The lowest BCUT2D eigenvalue weighted by atomic mass is 9.87. The third-order valence-electron chi connectivity index (χ3n) is 4.68. The van der Waals surface area contributed by atoms with Gasteiger partial charge in [0.2, 0.25) is 0 Å². The van der Waals surface area contributed by atoms with Gasteiger partial charge in [-0.25, -0.2) is 0 Å². The second-order valence-electron chi connectivity index (χ2n) is 8.08. The summed E-state index contributed by atoms with van der Waals surface area (Å²) >= 11 is 0. The van der Waals surface area contributed by atoms with Crippen LogP contribution in [0, 0.1) is 0 Å². The number of benzene rings is 2. The Kier molecular flexibility index (Phi) is 8.61. The lowest BCUT2D eigenvalue weighted by Gasteiger charge is -2.19. The maximum Gasteiger partial charge on any atom is 0.325 e. The van der Waals surface area contributed by atoms with Crippen molar-refractivity contribution in [2.75, 3.05) is 26.8 Å². The molecule has 7 nitrogen and oxygen atoms in total. The summed E-state index contributed by atoms with van der Waals surface area (Å²) in [6.45, 7) is 5.94. The second-order valence-corrected chi connectivity index (χ2v) is 8.08. The highest BCUT2D eigenvalue weighted by Gasteiger charge is 2.15. The maximum absolute atomic E-state index is 12.2. The summed E-state index contributed by atoms with van der Waals surface area (Å²) in [6, 6.07) is 14.8. The van der Waals surface area contributed by atoms with Crippen molar-refractivity contribution in [2.24, 2.45) is 0 Å². The monoisotopic (exact) mass is 426 g/mol. The Morgan fingerprint density at radius 1 is 0.935 bits per heavy atom. The Labute approximate surface area is 183 Å². The van der Waals surface area contributed by atoms with Crippen molar-refractivity contribution >= 4 is 17.8 Å². The van der Waals surface area contributed by atoms with Crippen LogP contribution in [-0.4, -0.2) is 44.6 Å². The highest BCUT2D eigenvalue weighted by atomic mass is 16.5. The van der Waals surface area contributed by atoms with Crippen molar-refractivity contribution in [3.8, 4) is 5.75 Å². The molecule has 0 aliphatic rings. The summed E-state index contributed by atoms with van der Waals surface area (Å²) in [7, 11) is 1.59. The number of hydrogen-bond donors (Lipinski definition) is 2. The quantitative estimate of drug-likeness (QED) is 0.601. The Balaban J connectivity index is 1.68. The molecule has 0 unspecified atom stereocenters. The fourth-order valence-electron chi connectivity index (χ4n) is 2.87. The summed E-state index contributed by atoms with van der Waals surface area (Å²) in [5.74, 6) is -0.711. The Hall–Kier alpha value is -3.35. The molecule has 2 aromatic rings. The Morgan fingerprint density at radius 3 is 2.26 bits per heavy atom. The van der Waals surface area contributed by atoms with Gasteiger partial charge < -0.3 is 20.1 Å². The summed E-state index contributed by atoms with van der Waals surface area (Å²) in [6.07, 6.45) is 0.591. The van der Waals surface area contributed by atoms with Crippen LogP contribution in [0.1, 0.15) is 42.3 Å². The van der Waals surface area contributed by atoms with E-state index in [1.165, 1.54) is 0 Å².